The minimum atomic E-state index is -0.866. The first-order valence-corrected chi connectivity index (χ1v) is 9.78. The lowest BCUT2D eigenvalue weighted by Gasteiger charge is -2.14. The number of nitrogens with zero attached hydrogens (tertiary/aromatic N) is 5. The van der Waals surface area contributed by atoms with Crippen LogP contribution in [0.15, 0.2) is 54.0 Å². The van der Waals surface area contributed by atoms with Crippen LogP contribution in [-0.4, -0.2) is 56.0 Å². The first-order valence-electron chi connectivity index (χ1n) is 9.41. The van der Waals surface area contributed by atoms with Crippen molar-refractivity contribution in [3.8, 4) is 11.4 Å². The molecule has 2 aromatic heterocycles. The van der Waals surface area contributed by atoms with Crippen molar-refractivity contribution in [3.63, 3.8) is 0 Å². The number of benzene rings is 1. The predicted octanol–water partition coefficient (Wildman–Crippen LogP) is 2.73. The topological polar surface area (TPSA) is 130 Å². The molecule has 4 N–H and O–H groups in total. The summed E-state index contributed by atoms with van der Waals surface area (Å²) >= 11 is 6.00. The smallest absolute Gasteiger partial charge is 0.317 e. The molecular weight excluding hydrogens is 418 g/mol. The van der Waals surface area contributed by atoms with Gasteiger partial charge in [-0.3, -0.25) is 14.7 Å². The Kier molecular flexibility index (Phi) is 7.60. The first-order chi connectivity index (χ1) is 14.9. The van der Waals surface area contributed by atoms with Gasteiger partial charge >= 0.3 is 5.97 Å². The third-order valence-electron chi connectivity index (χ3n) is 4.15. The van der Waals surface area contributed by atoms with Gasteiger partial charge in [-0.15, -0.1) is 0 Å². The summed E-state index contributed by atoms with van der Waals surface area (Å²) in [7, 11) is 1.76. The molecule has 3 aromatic rings. The van der Waals surface area contributed by atoms with Gasteiger partial charge in [-0.2, -0.15) is 4.98 Å². The van der Waals surface area contributed by atoms with Gasteiger partial charge in [0.1, 0.15) is 6.33 Å². The lowest BCUT2D eigenvalue weighted by molar-refractivity contribution is -0.138. The number of hydrogen-bond donors (Lipinski definition) is 3. The van der Waals surface area contributed by atoms with Gasteiger partial charge in [-0.1, -0.05) is 23.7 Å². The molecule has 0 unspecified atom stereocenters. The van der Waals surface area contributed by atoms with Crippen LogP contribution in [0.25, 0.3) is 17.5 Å². The summed E-state index contributed by atoms with van der Waals surface area (Å²) < 4.78 is 0. The minimum absolute atomic E-state index is 0.0336. The Morgan fingerprint density at radius 3 is 2.87 bits per heavy atom. The highest BCUT2D eigenvalue weighted by Gasteiger charge is 2.08. The molecular formula is C21H22ClN7O2. The number of rotatable bonds is 9. The van der Waals surface area contributed by atoms with Crippen LogP contribution in [0.4, 0.5) is 11.6 Å². The molecule has 0 fully saturated rings. The second kappa shape index (κ2) is 10.6. The Morgan fingerprint density at radius 1 is 1.26 bits per heavy atom. The molecule has 160 valence electrons. The average Bonchev–Trinajstić information content (AvgIpc) is 2.73. The van der Waals surface area contributed by atoms with Crippen molar-refractivity contribution in [2.45, 2.75) is 6.54 Å². The molecule has 1 aromatic carbocycles. The molecule has 0 bridgehead atoms. The van der Waals surface area contributed by atoms with E-state index >= 15 is 0 Å². The van der Waals surface area contributed by atoms with Gasteiger partial charge in [-0.25, -0.2) is 9.97 Å². The van der Waals surface area contributed by atoms with Crippen molar-refractivity contribution in [3.05, 3.63) is 65.2 Å². The van der Waals surface area contributed by atoms with Gasteiger partial charge in [0.05, 0.1) is 12.2 Å². The van der Waals surface area contributed by atoms with E-state index in [0.717, 1.165) is 16.8 Å². The van der Waals surface area contributed by atoms with E-state index in [2.05, 4.69) is 25.3 Å². The highest BCUT2D eigenvalue weighted by Crippen LogP contribution is 2.20. The standard InChI is InChI=1S/C21H22ClN7O2/c1-29(12-19(30)31)11-14-3-2-4-17(7-14)27-21-26-13-25-20(28-21)15-5-6-24-18(8-15)9-16(22)10-23/h2-9,13H,10-12,23H2,1H3,(H,30,31)(H,25,26,27,28)/b16-9-. The van der Waals surface area contributed by atoms with Crippen LogP contribution < -0.4 is 11.1 Å². The molecule has 10 heteroatoms. The summed E-state index contributed by atoms with van der Waals surface area (Å²) in [4.78, 5) is 29.7. The third kappa shape index (κ3) is 6.82. The Balaban J connectivity index is 1.77. The Morgan fingerprint density at radius 2 is 2.10 bits per heavy atom. The molecule has 0 aliphatic carbocycles. The lowest BCUT2D eigenvalue weighted by atomic mass is 10.2. The third-order valence-corrected chi connectivity index (χ3v) is 4.41. The zero-order valence-corrected chi connectivity index (χ0v) is 17.6. The molecule has 2 heterocycles. The molecule has 0 saturated heterocycles. The van der Waals surface area contributed by atoms with Crippen molar-refractivity contribution >= 4 is 35.3 Å². The number of nitrogens with one attached hydrogen (secondary N) is 1. The van der Waals surface area contributed by atoms with Crippen molar-refractivity contribution in [1.82, 2.24) is 24.8 Å². The summed E-state index contributed by atoms with van der Waals surface area (Å²) in [5.41, 5.74) is 8.68. The van der Waals surface area contributed by atoms with Gasteiger partial charge in [0, 0.05) is 35.6 Å². The van der Waals surface area contributed by atoms with Crippen LogP contribution in [-0.2, 0) is 11.3 Å². The Hall–Kier alpha value is -3.40. The van der Waals surface area contributed by atoms with Gasteiger partial charge in [-0.05, 0) is 43.0 Å². The van der Waals surface area contributed by atoms with E-state index < -0.39 is 5.97 Å². The normalized spacial score (nSPS) is 11.5. The number of anilines is 2. The number of hydrogen-bond acceptors (Lipinski definition) is 8. The van der Waals surface area contributed by atoms with E-state index in [4.69, 9.17) is 22.4 Å². The minimum Gasteiger partial charge on any atom is -0.480 e. The zero-order chi connectivity index (χ0) is 22.2. The number of aliphatic carboxylic acids is 1. The number of nitrogens with two attached hydrogens (primary N) is 1. The summed E-state index contributed by atoms with van der Waals surface area (Å²) in [6.07, 6.45) is 4.77. The second-order valence-electron chi connectivity index (χ2n) is 6.79. The zero-order valence-electron chi connectivity index (χ0n) is 16.9. The fourth-order valence-electron chi connectivity index (χ4n) is 2.86. The number of carbonyl (C=O) groups is 1. The maximum atomic E-state index is 10.9. The number of likely N-dealkylation sites (N-methyl/N-ethyl adjacent to an activating group) is 1. The van der Waals surface area contributed by atoms with Gasteiger partial charge in [0.25, 0.3) is 0 Å². The summed E-state index contributed by atoms with van der Waals surface area (Å²) in [5, 5.41) is 12.6. The molecule has 0 saturated carbocycles. The molecule has 9 nitrogen and oxygen atoms in total. The van der Waals surface area contributed by atoms with Crippen LogP contribution in [0, 0.1) is 0 Å². The van der Waals surface area contributed by atoms with Crippen LogP contribution in [0.5, 0.6) is 0 Å². The van der Waals surface area contributed by atoms with E-state index in [9.17, 15) is 4.79 Å². The number of carboxylic acid groups (broad SMARTS) is 1. The number of pyridine rings is 1. The van der Waals surface area contributed by atoms with Crippen molar-refractivity contribution < 1.29 is 9.90 Å². The Bertz CT molecular complexity index is 1090. The quantitative estimate of drug-likeness (QED) is 0.460. The monoisotopic (exact) mass is 439 g/mol. The van der Waals surface area contributed by atoms with E-state index in [-0.39, 0.29) is 13.1 Å². The van der Waals surface area contributed by atoms with Crippen molar-refractivity contribution in [2.24, 2.45) is 5.73 Å². The fraction of sp³-hybridized carbons (Fsp3) is 0.190. The molecule has 31 heavy (non-hydrogen) atoms. The molecule has 0 spiro atoms. The van der Waals surface area contributed by atoms with Crippen molar-refractivity contribution in [1.29, 1.82) is 0 Å². The SMILES string of the molecule is CN(CC(=O)O)Cc1cccc(Nc2ncnc(-c3ccnc(/C=C(\Cl)CN)c3)n2)c1. The Labute approximate surface area is 184 Å². The van der Waals surface area contributed by atoms with Crippen LogP contribution in [0.3, 0.4) is 0 Å². The van der Waals surface area contributed by atoms with Crippen molar-refractivity contribution in [2.75, 3.05) is 25.5 Å². The number of halogens is 1. The van der Waals surface area contributed by atoms with Crippen LogP contribution >= 0.6 is 11.6 Å². The maximum absolute atomic E-state index is 10.9. The van der Waals surface area contributed by atoms with E-state index in [1.807, 2.05) is 30.3 Å². The average molecular weight is 440 g/mol. The molecule has 0 aliphatic heterocycles. The summed E-state index contributed by atoms with van der Waals surface area (Å²) in [6.45, 7) is 0.704. The van der Waals surface area contributed by atoms with Crippen LogP contribution in [0.2, 0.25) is 0 Å². The maximum Gasteiger partial charge on any atom is 0.317 e. The first kappa shape index (κ1) is 22.3. The van der Waals surface area contributed by atoms with Gasteiger partial charge in [0.15, 0.2) is 5.82 Å². The van der Waals surface area contributed by atoms with Gasteiger partial charge in [0.2, 0.25) is 5.95 Å². The highest BCUT2D eigenvalue weighted by molar-refractivity contribution is 6.31. The summed E-state index contributed by atoms with van der Waals surface area (Å²) in [5.74, 6) is 0.000237. The van der Waals surface area contributed by atoms with E-state index in [0.29, 0.717) is 29.0 Å². The predicted molar refractivity (Wildman–Crippen MR) is 120 cm³/mol. The number of aromatic nitrogens is 4. The molecule has 0 radical (unpaired) electrons. The largest absolute Gasteiger partial charge is 0.480 e. The molecule has 0 amide bonds. The molecule has 0 atom stereocenters. The highest BCUT2D eigenvalue weighted by atomic mass is 35.5. The van der Waals surface area contributed by atoms with E-state index in [1.54, 1.807) is 30.3 Å². The summed E-state index contributed by atoms with van der Waals surface area (Å²) in [6, 6.07) is 11.2. The van der Waals surface area contributed by atoms with E-state index in [1.165, 1.54) is 6.33 Å². The lowest BCUT2D eigenvalue weighted by Crippen LogP contribution is -2.25. The second-order valence-corrected chi connectivity index (χ2v) is 7.27. The van der Waals surface area contributed by atoms with Gasteiger partial charge < -0.3 is 16.2 Å². The molecule has 3 rings (SSSR count). The number of carboxylic acids is 1. The fourth-order valence-corrected chi connectivity index (χ4v) is 2.97. The van der Waals surface area contributed by atoms with Crippen LogP contribution in [0.1, 0.15) is 11.3 Å². The molecule has 0 aliphatic rings.